The van der Waals surface area contributed by atoms with E-state index in [4.69, 9.17) is 56.2 Å². The fourth-order valence-electron chi connectivity index (χ4n) is 4.64. The van der Waals surface area contributed by atoms with Gasteiger partial charge in [0.1, 0.15) is 11.5 Å². The highest BCUT2D eigenvalue weighted by molar-refractivity contribution is 6.36. The highest BCUT2D eigenvalue weighted by Crippen LogP contribution is 2.52. The fourth-order valence-corrected chi connectivity index (χ4v) is 5.70. The first-order valence-electron chi connectivity index (χ1n) is 10.6. The SMILES string of the molecule is Oc1c(Cl)cc(Cl)cc1[C@@H]1Oc2c(Cl)cc(Cl)cc2[C@H]2CC(c3ccc4ccccc4c3)=NN21. The van der Waals surface area contributed by atoms with Crippen LogP contribution in [0.5, 0.6) is 11.5 Å². The zero-order chi connectivity index (χ0) is 23.6. The molecule has 0 spiro atoms. The van der Waals surface area contributed by atoms with Gasteiger partial charge in [-0.2, -0.15) is 5.10 Å². The summed E-state index contributed by atoms with van der Waals surface area (Å²) in [4.78, 5) is 0. The first kappa shape index (κ1) is 21.9. The van der Waals surface area contributed by atoms with Crippen LogP contribution >= 0.6 is 46.4 Å². The molecule has 170 valence electrons. The van der Waals surface area contributed by atoms with Crippen LogP contribution in [-0.2, 0) is 0 Å². The van der Waals surface area contributed by atoms with E-state index in [0.29, 0.717) is 32.8 Å². The number of nitrogens with zero attached hydrogens (tertiary/aromatic N) is 2. The quantitative estimate of drug-likeness (QED) is 0.283. The molecule has 4 aromatic rings. The fraction of sp³-hybridized carbons (Fsp3) is 0.115. The smallest absolute Gasteiger partial charge is 0.217 e. The number of fused-ring (bicyclic) bond motifs is 4. The summed E-state index contributed by atoms with van der Waals surface area (Å²) in [5.74, 6) is 0.389. The number of rotatable bonds is 2. The number of aromatic hydroxyl groups is 1. The molecule has 4 aromatic carbocycles. The van der Waals surface area contributed by atoms with Gasteiger partial charge in [0.2, 0.25) is 6.23 Å². The maximum Gasteiger partial charge on any atom is 0.217 e. The van der Waals surface area contributed by atoms with Gasteiger partial charge in [0.25, 0.3) is 0 Å². The zero-order valence-corrected chi connectivity index (χ0v) is 20.5. The van der Waals surface area contributed by atoms with Crippen LogP contribution in [-0.4, -0.2) is 15.8 Å². The third-order valence-corrected chi connectivity index (χ3v) is 7.22. The van der Waals surface area contributed by atoms with Crippen molar-refractivity contribution in [1.82, 2.24) is 5.01 Å². The van der Waals surface area contributed by atoms with Gasteiger partial charge >= 0.3 is 0 Å². The van der Waals surface area contributed by atoms with E-state index in [2.05, 4.69) is 30.3 Å². The van der Waals surface area contributed by atoms with Crippen molar-refractivity contribution < 1.29 is 9.84 Å². The molecule has 2 aliphatic rings. The Morgan fingerprint density at radius 3 is 2.32 bits per heavy atom. The lowest BCUT2D eigenvalue weighted by atomic mass is 9.95. The lowest BCUT2D eigenvalue weighted by Crippen LogP contribution is -2.34. The normalized spacial score (nSPS) is 18.9. The number of ether oxygens (including phenoxy) is 1. The molecule has 0 aliphatic carbocycles. The molecular formula is C26H16Cl4N2O2. The number of hydrogen-bond acceptors (Lipinski definition) is 4. The standard InChI is InChI=1S/C26H16Cl4N2O2/c27-16-8-18-23-12-22(15-6-5-13-3-1-2-4-14(13)7-15)31-32(23)26(34-25(18)21(30)11-16)19-9-17(28)10-20(29)24(19)33/h1-11,23,26,33H,12H2/t23-,26+/m1/s1. The Bertz CT molecular complexity index is 1500. The molecule has 4 nitrogen and oxygen atoms in total. The van der Waals surface area contributed by atoms with Gasteiger partial charge in [-0.15, -0.1) is 0 Å². The minimum atomic E-state index is -0.787. The van der Waals surface area contributed by atoms with E-state index < -0.39 is 6.23 Å². The highest BCUT2D eigenvalue weighted by atomic mass is 35.5. The molecule has 2 heterocycles. The van der Waals surface area contributed by atoms with Crippen LogP contribution in [0.4, 0.5) is 0 Å². The van der Waals surface area contributed by atoms with E-state index in [-0.39, 0.29) is 16.8 Å². The third kappa shape index (κ3) is 3.57. The number of hydrogen-bond donors (Lipinski definition) is 1. The van der Waals surface area contributed by atoms with Crippen molar-refractivity contribution in [3.8, 4) is 11.5 Å². The van der Waals surface area contributed by atoms with Crippen LogP contribution in [0.25, 0.3) is 10.8 Å². The Morgan fingerprint density at radius 2 is 1.53 bits per heavy atom. The van der Waals surface area contributed by atoms with Crippen molar-refractivity contribution >= 4 is 62.9 Å². The van der Waals surface area contributed by atoms with Crippen molar-refractivity contribution in [2.45, 2.75) is 18.7 Å². The largest absolute Gasteiger partial charge is 0.506 e. The minimum absolute atomic E-state index is 0.113. The Hall–Kier alpha value is -2.63. The van der Waals surface area contributed by atoms with Crippen LogP contribution < -0.4 is 4.74 Å². The molecule has 2 atom stereocenters. The molecule has 0 fully saturated rings. The van der Waals surface area contributed by atoms with E-state index in [1.807, 2.05) is 23.2 Å². The second-order valence-corrected chi connectivity index (χ2v) is 10.00. The lowest BCUT2D eigenvalue weighted by molar-refractivity contribution is -0.0202. The lowest BCUT2D eigenvalue weighted by Gasteiger charge is -2.38. The van der Waals surface area contributed by atoms with Crippen LogP contribution in [0.1, 0.15) is 35.4 Å². The molecule has 0 bridgehead atoms. The summed E-state index contributed by atoms with van der Waals surface area (Å²) in [6.07, 6.45) is -0.179. The summed E-state index contributed by atoms with van der Waals surface area (Å²) < 4.78 is 6.31. The van der Waals surface area contributed by atoms with Crippen LogP contribution in [0.3, 0.4) is 0 Å². The van der Waals surface area contributed by atoms with Crippen molar-refractivity contribution in [3.63, 3.8) is 0 Å². The second-order valence-electron chi connectivity index (χ2n) is 8.31. The summed E-state index contributed by atoms with van der Waals surface area (Å²) in [7, 11) is 0. The van der Waals surface area contributed by atoms with Gasteiger partial charge in [-0.1, -0.05) is 82.8 Å². The zero-order valence-electron chi connectivity index (χ0n) is 17.5. The van der Waals surface area contributed by atoms with E-state index in [0.717, 1.165) is 27.6 Å². The summed E-state index contributed by atoms with van der Waals surface area (Å²) in [5.41, 5.74) is 3.14. The molecule has 2 aliphatic heterocycles. The molecular weight excluding hydrogens is 514 g/mol. The van der Waals surface area contributed by atoms with Gasteiger partial charge in [0.05, 0.1) is 27.4 Å². The number of hydrazone groups is 1. The Morgan fingerprint density at radius 1 is 0.824 bits per heavy atom. The van der Waals surface area contributed by atoms with Crippen molar-refractivity contribution in [2.75, 3.05) is 0 Å². The van der Waals surface area contributed by atoms with Gasteiger partial charge < -0.3 is 9.84 Å². The number of phenols is 1. The van der Waals surface area contributed by atoms with E-state index >= 15 is 0 Å². The molecule has 0 saturated carbocycles. The summed E-state index contributed by atoms with van der Waals surface area (Å²) in [6.45, 7) is 0. The molecule has 0 unspecified atom stereocenters. The van der Waals surface area contributed by atoms with Gasteiger partial charge in [-0.3, -0.25) is 0 Å². The van der Waals surface area contributed by atoms with Crippen molar-refractivity contribution in [2.24, 2.45) is 5.10 Å². The average molecular weight is 530 g/mol. The van der Waals surface area contributed by atoms with Crippen molar-refractivity contribution in [1.29, 1.82) is 0 Å². The summed E-state index contributed by atoms with van der Waals surface area (Å²) >= 11 is 25.4. The van der Waals surface area contributed by atoms with Crippen LogP contribution in [0.15, 0.2) is 71.8 Å². The Balaban J connectivity index is 1.51. The molecule has 0 saturated heterocycles. The predicted molar refractivity (Wildman–Crippen MR) is 138 cm³/mol. The number of halogens is 4. The first-order valence-corrected chi connectivity index (χ1v) is 12.1. The summed E-state index contributed by atoms with van der Waals surface area (Å²) in [5, 5.41) is 21.2. The maximum atomic E-state index is 10.8. The minimum Gasteiger partial charge on any atom is -0.506 e. The van der Waals surface area contributed by atoms with E-state index in [1.54, 1.807) is 12.1 Å². The van der Waals surface area contributed by atoms with E-state index in [9.17, 15) is 5.11 Å². The third-order valence-electron chi connectivity index (χ3n) is 6.21. The Kier molecular flexibility index (Phi) is 5.30. The van der Waals surface area contributed by atoms with E-state index in [1.165, 1.54) is 6.07 Å². The van der Waals surface area contributed by atoms with Gasteiger partial charge in [-0.25, -0.2) is 5.01 Å². The maximum absolute atomic E-state index is 10.8. The van der Waals surface area contributed by atoms with Crippen LogP contribution in [0.2, 0.25) is 20.1 Å². The molecule has 34 heavy (non-hydrogen) atoms. The number of phenolic OH excluding ortho intramolecular Hbond substituents is 1. The van der Waals surface area contributed by atoms with Gasteiger partial charge in [-0.05, 0) is 46.7 Å². The molecule has 1 N–H and O–H groups in total. The number of benzene rings is 4. The predicted octanol–water partition coefficient (Wildman–Crippen LogP) is 8.40. The van der Waals surface area contributed by atoms with Crippen LogP contribution in [0, 0.1) is 0 Å². The van der Waals surface area contributed by atoms with Gasteiger partial charge in [0, 0.05) is 22.0 Å². The second kappa shape index (κ2) is 8.24. The highest BCUT2D eigenvalue weighted by Gasteiger charge is 2.43. The molecule has 0 amide bonds. The topological polar surface area (TPSA) is 45.1 Å². The molecule has 6 rings (SSSR count). The molecule has 0 radical (unpaired) electrons. The van der Waals surface area contributed by atoms with Crippen molar-refractivity contribution in [3.05, 3.63) is 104 Å². The average Bonchev–Trinajstić information content (AvgIpc) is 3.27. The molecule has 8 heteroatoms. The Labute approximate surface area is 215 Å². The molecule has 0 aromatic heterocycles. The van der Waals surface area contributed by atoms with Gasteiger partial charge in [0.15, 0.2) is 0 Å². The summed E-state index contributed by atoms with van der Waals surface area (Å²) in [6, 6.07) is 20.9. The first-order chi connectivity index (χ1) is 16.4. The monoisotopic (exact) mass is 528 g/mol.